The maximum atomic E-state index is 13.1. The van der Waals surface area contributed by atoms with Crippen LogP contribution in [0.1, 0.15) is 31.0 Å². The molecule has 180 valence electrons. The molecule has 1 unspecified atom stereocenters. The molecule has 2 aliphatic heterocycles. The number of aliphatic hydroxyl groups is 1. The third-order valence-electron chi connectivity index (χ3n) is 5.99. The van der Waals surface area contributed by atoms with Crippen LogP contribution in [0, 0.1) is 0 Å². The van der Waals surface area contributed by atoms with Crippen LogP contribution < -0.4 is 4.74 Å². The summed E-state index contributed by atoms with van der Waals surface area (Å²) in [6, 6.07) is 12.4. The minimum absolute atomic E-state index is 0.00185. The van der Waals surface area contributed by atoms with Gasteiger partial charge in [-0.05, 0) is 55.8 Å². The molecule has 0 bridgehead atoms. The molecule has 1 amide bonds. The number of hydrogen-bond acceptors (Lipinski definition) is 7. The fourth-order valence-corrected chi connectivity index (χ4v) is 4.35. The van der Waals surface area contributed by atoms with E-state index in [1.165, 1.54) is 17.0 Å². The van der Waals surface area contributed by atoms with E-state index >= 15 is 0 Å². The first-order chi connectivity index (χ1) is 16.3. The van der Waals surface area contributed by atoms with Crippen LogP contribution in [0.25, 0.3) is 5.76 Å². The Morgan fingerprint density at radius 1 is 1.09 bits per heavy atom. The fraction of sp³-hybridized carbons (Fsp3) is 0.385. The van der Waals surface area contributed by atoms with Crippen LogP contribution in [0.15, 0.2) is 54.1 Å². The molecule has 34 heavy (non-hydrogen) atoms. The number of ether oxygens (including phenoxy) is 2. The summed E-state index contributed by atoms with van der Waals surface area (Å²) in [6.07, 6.45) is 0.00185. The van der Waals surface area contributed by atoms with Crippen molar-refractivity contribution in [2.45, 2.75) is 26.0 Å². The number of hydrogen-bond donors (Lipinski definition) is 2. The fourth-order valence-electron chi connectivity index (χ4n) is 4.35. The van der Waals surface area contributed by atoms with Crippen LogP contribution in [0.2, 0.25) is 0 Å². The van der Waals surface area contributed by atoms with Gasteiger partial charge in [0.1, 0.15) is 17.3 Å². The van der Waals surface area contributed by atoms with Gasteiger partial charge >= 0.3 is 0 Å². The summed E-state index contributed by atoms with van der Waals surface area (Å²) in [6.45, 7) is 7.49. The summed E-state index contributed by atoms with van der Waals surface area (Å²) in [4.78, 5) is 29.9. The molecular formula is C26H30N2O6. The highest BCUT2D eigenvalue weighted by atomic mass is 16.5. The minimum Gasteiger partial charge on any atom is -0.508 e. The highest BCUT2D eigenvalue weighted by Crippen LogP contribution is 2.40. The van der Waals surface area contributed by atoms with Crippen LogP contribution in [-0.2, 0) is 14.3 Å². The second kappa shape index (κ2) is 10.3. The molecular weight excluding hydrogens is 436 g/mol. The molecule has 2 aromatic rings. The Bertz CT molecular complexity index is 1070. The zero-order valence-corrected chi connectivity index (χ0v) is 19.4. The third-order valence-corrected chi connectivity index (χ3v) is 5.99. The summed E-state index contributed by atoms with van der Waals surface area (Å²) >= 11 is 0. The van der Waals surface area contributed by atoms with Gasteiger partial charge in [0.2, 0.25) is 0 Å². The van der Waals surface area contributed by atoms with Crippen molar-refractivity contribution in [1.29, 1.82) is 0 Å². The highest BCUT2D eigenvalue weighted by Gasteiger charge is 2.46. The number of benzene rings is 2. The molecule has 2 heterocycles. The molecule has 0 aliphatic carbocycles. The van der Waals surface area contributed by atoms with Crippen molar-refractivity contribution < 1.29 is 29.3 Å². The number of Topliss-reactive ketones (excluding diaryl/α,β-unsaturated/α-hetero) is 1. The summed E-state index contributed by atoms with van der Waals surface area (Å²) in [7, 11) is 0. The van der Waals surface area contributed by atoms with Crippen molar-refractivity contribution >= 4 is 17.4 Å². The molecule has 8 nitrogen and oxygen atoms in total. The van der Waals surface area contributed by atoms with E-state index in [0.29, 0.717) is 43.2 Å². The number of aromatic hydroxyl groups is 1. The van der Waals surface area contributed by atoms with E-state index in [0.717, 1.165) is 13.1 Å². The molecule has 0 saturated carbocycles. The average molecular weight is 467 g/mol. The largest absolute Gasteiger partial charge is 0.508 e. The number of carbonyl (C=O) groups is 2. The monoisotopic (exact) mass is 466 g/mol. The maximum Gasteiger partial charge on any atom is 0.295 e. The van der Waals surface area contributed by atoms with Crippen LogP contribution >= 0.6 is 0 Å². The first-order valence-electron chi connectivity index (χ1n) is 11.5. The Kier molecular flexibility index (Phi) is 7.19. The predicted octanol–water partition coefficient (Wildman–Crippen LogP) is 2.93. The van der Waals surface area contributed by atoms with Gasteiger partial charge in [0.05, 0.1) is 30.9 Å². The lowest BCUT2D eigenvalue weighted by Crippen LogP contribution is -2.42. The highest BCUT2D eigenvalue weighted by molar-refractivity contribution is 6.46. The van der Waals surface area contributed by atoms with E-state index in [1.54, 1.807) is 36.4 Å². The molecule has 1 atom stereocenters. The van der Waals surface area contributed by atoms with E-state index in [2.05, 4.69) is 4.90 Å². The molecule has 2 fully saturated rings. The number of likely N-dealkylation sites (tertiary alicyclic amines) is 1. The molecule has 0 radical (unpaired) electrons. The number of phenolic OH excluding ortho intramolecular Hbond substituents is 1. The van der Waals surface area contributed by atoms with Crippen molar-refractivity contribution in [1.82, 2.24) is 9.80 Å². The SMILES string of the molecule is CC(C)Oc1ccc(/C(O)=C2\C(=O)C(=O)N(CCN3CCOCC3)C2c2cccc(O)c2)cc1. The predicted molar refractivity (Wildman–Crippen MR) is 127 cm³/mol. The Hall–Kier alpha value is -3.36. The Balaban J connectivity index is 1.70. The van der Waals surface area contributed by atoms with Gasteiger partial charge in [-0.15, -0.1) is 0 Å². The summed E-state index contributed by atoms with van der Waals surface area (Å²) in [5.41, 5.74) is 0.977. The number of ketones is 1. The molecule has 4 rings (SSSR count). The quantitative estimate of drug-likeness (QED) is 0.368. The van der Waals surface area contributed by atoms with Crippen molar-refractivity contribution in [3.8, 4) is 11.5 Å². The number of rotatable bonds is 7. The first kappa shape index (κ1) is 23.8. The van der Waals surface area contributed by atoms with Gasteiger partial charge in [-0.1, -0.05) is 12.1 Å². The van der Waals surface area contributed by atoms with E-state index < -0.39 is 17.7 Å². The van der Waals surface area contributed by atoms with E-state index in [9.17, 15) is 19.8 Å². The Morgan fingerprint density at radius 3 is 2.44 bits per heavy atom. The zero-order valence-electron chi connectivity index (χ0n) is 19.4. The normalized spacial score (nSPS) is 20.8. The Morgan fingerprint density at radius 2 is 1.79 bits per heavy atom. The molecule has 8 heteroatoms. The average Bonchev–Trinajstić information content (AvgIpc) is 3.08. The zero-order chi connectivity index (χ0) is 24.2. The van der Waals surface area contributed by atoms with Gasteiger partial charge in [-0.2, -0.15) is 0 Å². The van der Waals surface area contributed by atoms with Gasteiger partial charge < -0.3 is 24.6 Å². The molecule has 2 aromatic carbocycles. The number of nitrogens with zero attached hydrogens (tertiary/aromatic N) is 2. The van der Waals surface area contributed by atoms with E-state index in [-0.39, 0.29) is 23.2 Å². The van der Waals surface area contributed by atoms with Gasteiger partial charge in [0, 0.05) is 31.7 Å². The first-order valence-corrected chi connectivity index (χ1v) is 11.5. The number of phenols is 1. The second-order valence-corrected chi connectivity index (χ2v) is 8.73. The molecule has 0 aromatic heterocycles. The molecule has 2 saturated heterocycles. The summed E-state index contributed by atoms with van der Waals surface area (Å²) < 4.78 is 11.0. The van der Waals surface area contributed by atoms with Crippen molar-refractivity contribution in [3.05, 3.63) is 65.2 Å². The minimum atomic E-state index is -0.806. The third kappa shape index (κ3) is 5.08. The lowest BCUT2D eigenvalue weighted by molar-refractivity contribution is -0.140. The number of carbonyl (C=O) groups excluding carboxylic acids is 2. The van der Waals surface area contributed by atoms with Gasteiger partial charge in [-0.3, -0.25) is 14.5 Å². The van der Waals surface area contributed by atoms with Gasteiger partial charge in [0.25, 0.3) is 11.7 Å². The van der Waals surface area contributed by atoms with Crippen LogP contribution in [0.4, 0.5) is 0 Å². The van der Waals surface area contributed by atoms with E-state index in [4.69, 9.17) is 9.47 Å². The lowest BCUT2D eigenvalue weighted by atomic mass is 9.95. The molecule has 2 N–H and O–H groups in total. The number of amides is 1. The van der Waals surface area contributed by atoms with Crippen molar-refractivity contribution in [3.63, 3.8) is 0 Å². The van der Waals surface area contributed by atoms with Gasteiger partial charge in [-0.25, -0.2) is 0 Å². The van der Waals surface area contributed by atoms with Gasteiger partial charge in [0.15, 0.2) is 0 Å². The van der Waals surface area contributed by atoms with Crippen LogP contribution in [0.3, 0.4) is 0 Å². The molecule has 2 aliphatic rings. The standard InChI is InChI=1S/C26H30N2O6/c1-17(2)34-21-8-6-18(7-9-21)24(30)22-23(19-4-3-5-20(29)16-19)28(26(32)25(22)31)11-10-27-12-14-33-15-13-27/h3-9,16-17,23,29-30H,10-15H2,1-2H3/b24-22+. The number of aliphatic hydroxyl groups excluding tert-OH is 1. The molecule has 0 spiro atoms. The van der Waals surface area contributed by atoms with Crippen LogP contribution in [-0.4, -0.2) is 77.2 Å². The smallest absolute Gasteiger partial charge is 0.295 e. The van der Waals surface area contributed by atoms with Crippen LogP contribution in [0.5, 0.6) is 11.5 Å². The second-order valence-electron chi connectivity index (χ2n) is 8.73. The Labute approximate surface area is 199 Å². The summed E-state index contributed by atoms with van der Waals surface area (Å²) in [5.74, 6) is -0.997. The van der Waals surface area contributed by atoms with Crippen molar-refractivity contribution in [2.75, 3.05) is 39.4 Å². The summed E-state index contributed by atoms with van der Waals surface area (Å²) in [5, 5.41) is 21.2. The topological polar surface area (TPSA) is 99.5 Å². The van der Waals surface area contributed by atoms with E-state index in [1.807, 2.05) is 13.8 Å². The lowest BCUT2D eigenvalue weighted by Gasteiger charge is -2.31. The maximum absolute atomic E-state index is 13.1. The number of morpholine rings is 1. The van der Waals surface area contributed by atoms with Crippen molar-refractivity contribution in [2.24, 2.45) is 0 Å².